The van der Waals surface area contributed by atoms with Gasteiger partial charge < -0.3 is 10.6 Å². The fourth-order valence-electron chi connectivity index (χ4n) is 2.30. The van der Waals surface area contributed by atoms with Crippen molar-refractivity contribution in [3.8, 4) is 0 Å². The summed E-state index contributed by atoms with van der Waals surface area (Å²) in [6.07, 6.45) is 4.27. The van der Waals surface area contributed by atoms with E-state index in [0.29, 0.717) is 6.04 Å². The molecule has 1 fully saturated rings. The summed E-state index contributed by atoms with van der Waals surface area (Å²) in [6, 6.07) is 2.52. The number of anilines is 2. The monoisotopic (exact) mass is 249 g/mol. The van der Waals surface area contributed by atoms with Gasteiger partial charge >= 0.3 is 0 Å². The number of rotatable bonds is 6. The summed E-state index contributed by atoms with van der Waals surface area (Å²) in [5.74, 6) is 1.77. The van der Waals surface area contributed by atoms with Crippen LogP contribution in [0.1, 0.15) is 26.7 Å². The highest BCUT2D eigenvalue weighted by molar-refractivity contribution is 5.46. The molecule has 0 saturated carbocycles. The number of aromatic nitrogens is 2. The summed E-state index contributed by atoms with van der Waals surface area (Å²) >= 11 is 0. The summed E-state index contributed by atoms with van der Waals surface area (Å²) in [4.78, 5) is 10.9. The average Bonchev–Trinajstić information content (AvgIpc) is 2.91. The SMILES string of the molecule is CCNc1cc(NCC(C)N2CCCC2)ncn1. The largest absolute Gasteiger partial charge is 0.370 e. The normalized spacial score (nSPS) is 17.7. The lowest BCUT2D eigenvalue weighted by Crippen LogP contribution is -2.35. The van der Waals surface area contributed by atoms with Crippen molar-refractivity contribution in [3.05, 3.63) is 12.4 Å². The van der Waals surface area contributed by atoms with E-state index in [9.17, 15) is 0 Å². The number of hydrogen-bond donors (Lipinski definition) is 2. The van der Waals surface area contributed by atoms with Crippen LogP contribution in [0.4, 0.5) is 11.6 Å². The molecule has 1 aliphatic rings. The summed E-state index contributed by atoms with van der Waals surface area (Å²) < 4.78 is 0. The highest BCUT2D eigenvalue weighted by Gasteiger charge is 2.17. The maximum atomic E-state index is 4.24. The third-order valence-corrected chi connectivity index (χ3v) is 3.37. The lowest BCUT2D eigenvalue weighted by Gasteiger charge is -2.24. The number of nitrogens with one attached hydrogen (secondary N) is 2. The van der Waals surface area contributed by atoms with Gasteiger partial charge in [0.1, 0.15) is 18.0 Å². The summed E-state index contributed by atoms with van der Waals surface area (Å²) in [7, 11) is 0. The molecule has 18 heavy (non-hydrogen) atoms. The third kappa shape index (κ3) is 3.57. The second-order valence-electron chi connectivity index (χ2n) is 4.79. The molecule has 0 aromatic carbocycles. The van der Waals surface area contributed by atoms with Crippen molar-refractivity contribution in [2.45, 2.75) is 32.7 Å². The molecule has 1 atom stereocenters. The Hall–Kier alpha value is -1.36. The smallest absolute Gasteiger partial charge is 0.131 e. The van der Waals surface area contributed by atoms with Crippen LogP contribution >= 0.6 is 0 Å². The molecule has 2 heterocycles. The first kappa shape index (κ1) is 13.1. The second-order valence-corrected chi connectivity index (χ2v) is 4.79. The zero-order chi connectivity index (χ0) is 12.8. The van der Waals surface area contributed by atoms with Gasteiger partial charge in [-0.2, -0.15) is 0 Å². The van der Waals surface area contributed by atoms with Gasteiger partial charge in [0.15, 0.2) is 0 Å². The predicted molar refractivity (Wildman–Crippen MR) is 75.0 cm³/mol. The van der Waals surface area contributed by atoms with Gasteiger partial charge in [-0.25, -0.2) is 9.97 Å². The van der Waals surface area contributed by atoms with E-state index in [2.05, 4.69) is 39.3 Å². The molecule has 0 amide bonds. The van der Waals surface area contributed by atoms with Crippen LogP contribution in [-0.4, -0.2) is 47.1 Å². The van der Waals surface area contributed by atoms with Crippen molar-refractivity contribution in [2.24, 2.45) is 0 Å². The van der Waals surface area contributed by atoms with Crippen LogP contribution in [0.25, 0.3) is 0 Å². The minimum absolute atomic E-state index is 0.560. The second kappa shape index (κ2) is 6.54. The summed E-state index contributed by atoms with van der Waals surface area (Å²) in [6.45, 7) is 8.60. The van der Waals surface area contributed by atoms with Gasteiger partial charge in [-0.15, -0.1) is 0 Å². The van der Waals surface area contributed by atoms with Gasteiger partial charge in [0, 0.05) is 25.2 Å². The molecule has 1 aliphatic heterocycles. The third-order valence-electron chi connectivity index (χ3n) is 3.37. The molecule has 2 N–H and O–H groups in total. The Labute approximate surface area is 109 Å². The van der Waals surface area contributed by atoms with Crippen molar-refractivity contribution in [2.75, 3.05) is 36.8 Å². The van der Waals surface area contributed by atoms with E-state index in [1.807, 2.05) is 6.07 Å². The van der Waals surface area contributed by atoms with Gasteiger partial charge in [-0.1, -0.05) is 0 Å². The van der Waals surface area contributed by atoms with Gasteiger partial charge in [0.05, 0.1) is 0 Å². The lowest BCUT2D eigenvalue weighted by molar-refractivity contribution is 0.269. The van der Waals surface area contributed by atoms with Gasteiger partial charge in [-0.3, -0.25) is 4.90 Å². The topological polar surface area (TPSA) is 53.1 Å². The molecule has 100 valence electrons. The minimum Gasteiger partial charge on any atom is -0.370 e. The fourth-order valence-corrected chi connectivity index (χ4v) is 2.30. The number of likely N-dealkylation sites (tertiary alicyclic amines) is 1. The highest BCUT2D eigenvalue weighted by atomic mass is 15.2. The lowest BCUT2D eigenvalue weighted by atomic mass is 10.3. The van der Waals surface area contributed by atoms with Gasteiger partial charge in [0.25, 0.3) is 0 Å². The van der Waals surface area contributed by atoms with Gasteiger partial charge in [-0.05, 0) is 39.8 Å². The van der Waals surface area contributed by atoms with Crippen LogP contribution in [0.2, 0.25) is 0 Å². The highest BCUT2D eigenvalue weighted by Crippen LogP contribution is 2.13. The van der Waals surface area contributed by atoms with Crippen molar-refractivity contribution in [1.82, 2.24) is 14.9 Å². The standard InChI is InChI=1S/C13H23N5/c1-3-14-12-8-13(17-10-16-12)15-9-11(2)18-6-4-5-7-18/h8,10-11H,3-7,9H2,1-2H3,(H2,14,15,16,17). The van der Waals surface area contributed by atoms with E-state index in [1.165, 1.54) is 25.9 Å². The first-order chi connectivity index (χ1) is 8.79. The molecule has 2 rings (SSSR count). The van der Waals surface area contributed by atoms with E-state index >= 15 is 0 Å². The number of hydrogen-bond acceptors (Lipinski definition) is 5. The van der Waals surface area contributed by atoms with E-state index < -0.39 is 0 Å². The molecular formula is C13H23N5. The van der Waals surface area contributed by atoms with Crippen LogP contribution in [-0.2, 0) is 0 Å². The molecular weight excluding hydrogens is 226 g/mol. The molecule has 1 saturated heterocycles. The van der Waals surface area contributed by atoms with Crippen LogP contribution < -0.4 is 10.6 Å². The Morgan fingerprint density at radius 3 is 2.56 bits per heavy atom. The Morgan fingerprint density at radius 2 is 1.89 bits per heavy atom. The van der Waals surface area contributed by atoms with Crippen LogP contribution in [0.15, 0.2) is 12.4 Å². The molecule has 1 unspecified atom stereocenters. The molecule has 1 aromatic rings. The molecule has 0 spiro atoms. The van der Waals surface area contributed by atoms with Crippen LogP contribution in [0.5, 0.6) is 0 Å². The zero-order valence-corrected chi connectivity index (χ0v) is 11.3. The Bertz CT molecular complexity index is 362. The molecule has 0 radical (unpaired) electrons. The quantitative estimate of drug-likeness (QED) is 0.805. The first-order valence-corrected chi connectivity index (χ1v) is 6.83. The zero-order valence-electron chi connectivity index (χ0n) is 11.3. The molecule has 0 aliphatic carbocycles. The summed E-state index contributed by atoms with van der Waals surface area (Å²) in [5.41, 5.74) is 0. The maximum Gasteiger partial charge on any atom is 0.131 e. The minimum atomic E-state index is 0.560. The Morgan fingerprint density at radius 1 is 1.22 bits per heavy atom. The summed E-state index contributed by atoms with van der Waals surface area (Å²) in [5, 5.41) is 6.58. The van der Waals surface area contributed by atoms with Gasteiger partial charge in [0.2, 0.25) is 0 Å². The van der Waals surface area contributed by atoms with Crippen molar-refractivity contribution in [3.63, 3.8) is 0 Å². The average molecular weight is 249 g/mol. The molecule has 1 aromatic heterocycles. The molecule has 0 bridgehead atoms. The number of nitrogens with zero attached hydrogens (tertiary/aromatic N) is 3. The van der Waals surface area contributed by atoms with Crippen molar-refractivity contribution in [1.29, 1.82) is 0 Å². The first-order valence-electron chi connectivity index (χ1n) is 6.83. The fraction of sp³-hybridized carbons (Fsp3) is 0.692. The van der Waals surface area contributed by atoms with Crippen LogP contribution in [0.3, 0.4) is 0 Å². The molecule has 5 nitrogen and oxygen atoms in total. The maximum absolute atomic E-state index is 4.24. The van der Waals surface area contributed by atoms with Crippen molar-refractivity contribution < 1.29 is 0 Å². The van der Waals surface area contributed by atoms with E-state index in [0.717, 1.165) is 24.7 Å². The van der Waals surface area contributed by atoms with E-state index in [4.69, 9.17) is 0 Å². The predicted octanol–water partition coefficient (Wildman–Crippen LogP) is 1.80. The Balaban J connectivity index is 1.83. The van der Waals surface area contributed by atoms with E-state index in [1.54, 1.807) is 6.33 Å². The van der Waals surface area contributed by atoms with Crippen LogP contribution in [0, 0.1) is 0 Å². The Kier molecular flexibility index (Phi) is 4.75. The van der Waals surface area contributed by atoms with E-state index in [-0.39, 0.29) is 0 Å². The van der Waals surface area contributed by atoms with Crippen molar-refractivity contribution >= 4 is 11.6 Å². The molecule has 5 heteroatoms.